The van der Waals surface area contributed by atoms with Crippen LogP contribution in [0.4, 0.5) is 0 Å². The molecule has 2 aliphatic rings. The van der Waals surface area contributed by atoms with E-state index in [1.807, 2.05) is 25.3 Å². The molecular formula is C12H17NO2. The summed E-state index contributed by atoms with van der Waals surface area (Å²) >= 11 is 0. The maximum Gasteiger partial charge on any atom is 0.161 e. The smallest absolute Gasteiger partial charge is 0.161 e. The Morgan fingerprint density at radius 1 is 1.60 bits per heavy atom. The molecule has 1 fully saturated rings. The van der Waals surface area contributed by atoms with E-state index in [-0.39, 0.29) is 5.78 Å². The van der Waals surface area contributed by atoms with Crippen molar-refractivity contribution >= 4 is 5.78 Å². The zero-order valence-electron chi connectivity index (χ0n) is 9.49. The third-order valence-electron chi connectivity index (χ3n) is 3.27. The quantitative estimate of drug-likeness (QED) is 0.709. The average molecular weight is 207 g/mol. The highest BCUT2D eigenvalue weighted by molar-refractivity contribution is 5.88. The Kier molecular flexibility index (Phi) is 2.43. The predicted molar refractivity (Wildman–Crippen MR) is 57.9 cm³/mol. The Hall–Kier alpha value is -1.09. The summed E-state index contributed by atoms with van der Waals surface area (Å²) in [5.74, 6) is 0.769. The number of hydroxylamine groups is 2. The van der Waals surface area contributed by atoms with Crippen LogP contribution in [0.5, 0.6) is 0 Å². The summed E-state index contributed by atoms with van der Waals surface area (Å²) in [5, 5.41) is 1.61. The average Bonchev–Trinajstić information content (AvgIpc) is 3.00. The molecule has 1 aliphatic heterocycles. The van der Waals surface area contributed by atoms with Gasteiger partial charge in [-0.3, -0.25) is 9.63 Å². The topological polar surface area (TPSA) is 29.5 Å². The number of nitrogens with zero attached hydrogens (tertiary/aromatic N) is 1. The number of hydrogen-bond donors (Lipinski definition) is 0. The molecule has 2 rings (SSSR count). The highest BCUT2D eigenvalue weighted by Gasteiger charge is 2.38. The Bertz CT molecular complexity index is 342. The van der Waals surface area contributed by atoms with Gasteiger partial charge >= 0.3 is 0 Å². The van der Waals surface area contributed by atoms with Gasteiger partial charge in [-0.2, -0.15) is 0 Å². The van der Waals surface area contributed by atoms with Gasteiger partial charge in [0.2, 0.25) is 0 Å². The van der Waals surface area contributed by atoms with Gasteiger partial charge in [-0.25, -0.2) is 5.06 Å². The molecule has 0 radical (unpaired) electrons. The van der Waals surface area contributed by atoms with E-state index in [1.54, 1.807) is 19.1 Å². The maximum atomic E-state index is 11.7. The molecule has 0 aromatic heterocycles. The van der Waals surface area contributed by atoms with Crippen LogP contribution in [0.2, 0.25) is 0 Å². The van der Waals surface area contributed by atoms with Crippen LogP contribution in [0.3, 0.4) is 0 Å². The number of carbonyl (C=O) groups is 1. The fourth-order valence-electron chi connectivity index (χ4n) is 1.92. The summed E-state index contributed by atoms with van der Waals surface area (Å²) in [4.78, 5) is 16.9. The van der Waals surface area contributed by atoms with E-state index in [0.29, 0.717) is 5.92 Å². The molecule has 1 unspecified atom stereocenters. The van der Waals surface area contributed by atoms with Gasteiger partial charge in [0, 0.05) is 6.20 Å². The van der Waals surface area contributed by atoms with E-state index in [0.717, 1.165) is 0 Å². The highest BCUT2D eigenvalue weighted by atomic mass is 16.7. The molecule has 0 amide bonds. The van der Waals surface area contributed by atoms with E-state index in [1.165, 1.54) is 18.4 Å². The van der Waals surface area contributed by atoms with Crippen LogP contribution in [0.25, 0.3) is 0 Å². The van der Waals surface area contributed by atoms with Crippen molar-refractivity contribution in [1.29, 1.82) is 0 Å². The third-order valence-corrected chi connectivity index (χ3v) is 3.27. The number of rotatable bonds is 3. The number of Topliss-reactive ketones (excluding diaryl/α,β-unsaturated/α-hetero) is 1. The fraction of sp³-hybridized carbons (Fsp3) is 0.583. The molecule has 1 saturated carbocycles. The van der Waals surface area contributed by atoms with Crippen molar-refractivity contribution in [3.05, 3.63) is 23.9 Å². The lowest BCUT2D eigenvalue weighted by molar-refractivity contribution is -0.161. The van der Waals surface area contributed by atoms with E-state index in [9.17, 15) is 4.79 Å². The molecule has 82 valence electrons. The molecule has 1 atom stereocenters. The minimum absolute atomic E-state index is 0.104. The van der Waals surface area contributed by atoms with Crippen LogP contribution in [-0.2, 0) is 9.63 Å². The number of carbonyl (C=O) groups excluding carboxylic acids is 1. The molecule has 1 heterocycles. The maximum absolute atomic E-state index is 11.7. The van der Waals surface area contributed by atoms with Crippen molar-refractivity contribution in [2.24, 2.45) is 5.92 Å². The van der Waals surface area contributed by atoms with Gasteiger partial charge < -0.3 is 0 Å². The summed E-state index contributed by atoms with van der Waals surface area (Å²) in [6.45, 7) is 3.50. The molecule has 0 aromatic carbocycles. The van der Waals surface area contributed by atoms with E-state index in [4.69, 9.17) is 4.84 Å². The van der Waals surface area contributed by atoms with Crippen molar-refractivity contribution in [3.8, 4) is 0 Å². The van der Waals surface area contributed by atoms with Gasteiger partial charge in [-0.1, -0.05) is 0 Å². The standard InChI is InChI=1S/C12H17NO2/c1-9(14)12(2)8-11(10-4-5-10)6-7-13(12)15-3/h6-8,10H,4-5H2,1-3H3. The Morgan fingerprint density at radius 2 is 2.27 bits per heavy atom. The van der Waals surface area contributed by atoms with Crippen LogP contribution in [-0.4, -0.2) is 23.5 Å². The van der Waals surface area contributed by atoms with Crippen molar-refractivity contribution in [2.45, 2.75) is 32.2 Å². The normalized spacial score (nSPS) is 30.3. The van der Waals surface area contributed by atoms with E-state index >= 15 is 0 Å². The minimum atomic E-state index is -0.637. The van der Waals surface area contributed by atoms with Gasteiger partial charge in [0.05, 0.1) is 7.11 Å². The van der Waals surface area contributed by atoms with Crippen LogP contribution in [0.1, 0.15) is 26.7 Å². The number of ketones is 1. The van der Waals surface area contributed by atoms with E-state index in [2.05, 4.69) is 0 Å². The summed E-state index contributed by atoms with van der Waals surface area (Å²) in [7, 11) is 1.58. The Morgan fingerprint density at radius 3 is 2.73 bits per heavy atom. The van der Waals surface area contributed by atoms with Gasteiger partial charge in [-0.05, 0) is 50.3 Å². The minimum Gasteiger partial charge on any atom is -0.297 e. The van der Waals surface area contributed by atoms with Gasteiger partial charge in [0.15, 0.2) is 5.78 Å². The summed E-state index contributed by atoms with van der Waals surface area (Å²) in [6.07, 6.45) is 8.44. The summed E-state index contributed by atoms with van der Waals surface area (Å²) < 4.78 is 0. The summed E-state index contributed by atoms with van der Waals surface area (Å²) in [5.41, 5.74) is 0.641. The lowest BCUT2D eigenvalue weighted by Gasteiger charge is -2.37. The molecule has 15 heavy (non-hydrogen) atoms. The van der Waals surface area contributed by atoms with Crippen molar-refractivity contribution in [2.75, 3.05) is 7.11 Å². The molecule has 0 saturated heterocycles. The van der Waals surface area contributed by atoms with Gasteiger partial charge in [0.1, 0.15) is 5.54 Å². The molecule has 0 aromatic rings. The molecule has 3 heteroatoms. The zero-order chi connectivity index (χ0) is 11.1. The van der Waals surface area contributed by atoms with Gasteiger partial charge in [-0.15, -0.1) is 0 Å². The second-order valence-electron chi connectivity index (χ2n) is 4.45. The SMILES string of the molecule is CON1C=CC(C2CC2)=CC1(C)C(C)=O. The predicted octanol–water partition coefficient (Wildman–Crippen LogP) is 2.06. The number of hydrogen-bond acceptors (Lipinski definition) is 3. The first-order valence-electron chi connectivity index (χ1n) is 5.33. The van der Waals surface area contributed by atoms with Crippen LogP contribution >= 0.6 is 0 Å². The van der Waals surface area contributed by atoms with Crippen LogP contribution in [0.15, 0.2) is 23.9 Å². The molecule has 0 N–H and O–H groups in total. The van der Waals surface area contributed by atoms with Crippen molar-refractivity contribution < 1.29 is 9.63 Å². The molecule has 0 bridgehead atoms. The Balaban J connectivity index is 2.31. The number of allylic oxidation sites excluding steroid dienone is 2. The van der Waals surface area contributed by atoms with Crippen LogP contribution in [0, 0.1) is 5.92 Å². The molecule has 0 spiro atoms. The second kappa shape index (κ2) is 3.49. The van der Waals surface area contributed by atoms with E-state index < -0.39 is 5.54 Å². The monoisotopic (exact) mass is 207 g/mol. The van der Waals surface area contributed by atoms with Gasteiger partial charge in [0.25, 0.3) is 0 Å². The second-order valence-corrected chi connectivity index (χ2v) is 4.45. The first-order chi connectivity index (χ1) is 7.08. The first-order valence-corrected chi connectivity index (χ1v) is 5.33. The largest absolute Gasteiger partial charge is 0.297 e. The Labute approximate surface area is 90.4 Å². The summed E-state index contributed by atoms with van der Waals surface area (Å²) in [6, 6.07) is 0. The van der Waals surface area contributed by atoms with Crippen molar-refractivity contribution in [1.82, 2.24) is 5.06 Å². The fourth-order valence-corrected chi connectivity index (χ4v) is 1.92. The lowest BCUT2D eigenvalue weighted by atomic mass is 9.90. The third kappa shape index (κ3) is 1.72. The molecule has 1 aliphatic carbocycles. The molecule has 3 nitrogen and oxygen atoms in total. The molecular weight excluding hydrogens is 190 g/mol. The van der Waals surface area contributed by atoms with Crippen molar-refractivity contribution in [3.63, 3.8) is 0 Å². The van der Waals surface area contributed by atoms with Crippen LogP contribution < -0.4 is 0 Å². The lowest BCUT2D eigenvalue weighted by Crippen LogP contribution is -2.48. The first kappa shape index (κ1) is 10.4. The zero-order valence-corrected chi connectivity index (χ0v) is 9.49. The highest BCUT2D eigenvalue weighted by Crippen LogP contribution is 2.40.